The van der Waals surface area contributed by atoms with E-state index in [1.807, 2.05) is 136 Å². The first-order valence-electron chi connectivity index (χ1n) is 39.6. The SMILES string of the molecule is [2H]c1c([2H])c([2H])c(-c2cc(C(C)(C)C)cc(-c3c([2H])c([2H])c([2H])c([2H])c3[2H])c2N2c3ccc(-c4cccc(OC)c4)cc3B3c4cc(-c5cccc(OC)c5)ccc4N(c4c(-c5c([2H])c([2H])c([2H])c([2H])c5[2H])cc(C(C)(C)C)cc4-c4c([2H])c([2H])c([2H])c([2H])c4[2H])c4cc(C5CCCCC5)cc2c43)c([2H])c1[2H]. The van der Waals surface area contributed by atoms with Gasteiger partial charge in [-0.3, -0.25) is 0 Å². The van der Waals surface area contributed by atoms with Crippen molar-refractivity contribution in [3.8, 4) is 78.3 Å². The smallest absolute Gasteiger partial charge is 0.252 e. The van der Waals surface area contributed by atoms with Crippen molar-refractivity contribution in [1.82, 2.24) is 0 Å². The zero-order valence-electron chi connectivity index (χ0n) is 69.9. The number of ether oxygens (including phenoxy) is 2. The van der Waals surface area contributed by atoms with Gasteiger partial charge >= 0.3 is 0 Å². The number of anilines is 6. The van der Waals surface area contributed by atoms with E-state index in [1.54, 1.807) is 38.5 Å². The van der Waals surface area contributed by atoms with Gasteiger partial charge in [-0.1, -0.05) is 230 Å². The maximum atomic E-state index is 9.98. The molecule has 0 unspecified atom stereocenters. The quantitative estimate of drug-likeness (QED) is 0.121. The van der Waals surface area contributed by atoms with Gasteiger partial charge in [0.1, 0.15) is 11.5 Å². The first kappa shape index (κ1) is 37.3. The summed E-state index contributed by atoms with van der Waals surface area (Å²) in [6.07, 6.45) is 4.00. The van der Waals surface area contributed by atoms with E-state index in [2.05, 4.69) is 12.1 Å². The van der Waals surface area contributed by atoms with Gasteiger partial charge in [-0.25, -0.2) is 0 Å². The molecule has 2 aliphatic heterocycles. The molecule has 11 aromatic carbocycles. The molecule has 0 N–H and O–H groups in total. The fourth-order valence-corrected chi connectivity index (χ4v) is 13.1. The van der Waals surface area contributed by atoms with Crippen LogP contribution < -0.4 is 35.7 Å². The molecule has 11 aromatic rings. The summed E-state index contributed by atoms with van der Waals surface area (Å²) in [5.41, 5.74) is 5.81. The molecule has 0 atom stereocenters. The lowest BCUT2D eigenvalue weighted by atomic mass is 9.33. The van der Waals surface area contributed by atoms with Crippen molar-refractivity contribution in [2.24, 2.45) is 0 Å². The van der Waals surface area contributed by atoms with Gasteiger partial charge < -0.3 is 19.3 Å². The van der Waals surface area contributed by atoms with Gasteiger partial charge in [0.05, 0.1) is 53.0 Å². The maximum absolute atomic E-state index is 9.98. The van der Waals surface area contributed by atoms with E-state index in [4.69, 9.17) is 15.0 Å². The summed E-state index contributed by atoms with van der Waals surface area (Å²) in [6, 6.07) is 25.6. The third-order valence-corrected chi connectivity index (χ3v) is 17.4. The Morgan fingerprint density at radius 1 is 0.391 bits per heavy atom. The molecule has 4 nitrogen and oxygen atoms in total. The first-order valence-corrected chi connectivity index (χ1v) is 29.6. The van der Waals surface area contributed by atoms with Crippen molar-refractivity contribution in [3.63, 3.8) is 0 Å². The first-order chi connectivity index (χ1) is 50.6. The highest BCUT2D eigenvalue weighted by atomic mass is 16.5. The maximum Gasteiger partial charge on any atom is 0.252 e. The molecule has 87 heavy (non-hydrogen) atoms. The van der Waals surface area contributed by atoms with Crippen LogP contribution in [0, 0.1) is 0 Å². The molecule has 0 aromatic heterocycles. The Labute approximate surface area is 543 Å². The molecule has 1 saturated carbocycles. The van der Waals surface area contributed by atoms with Crippen LogP contribution in [0.25, 0.3) is 66.8 Å². The van der Waals surface area contributed by atoms with E-state index in [-0.39, 0.29) is 61.8 Å². The van der Waals surface area contributed by atoms with Crippen molar-refractivity contribution in [2.45, 2.75) is 90.4 Å². The summed E-state index contributed by atoms with van der Waals surface area (Å²) < 4.78 is 202. The molecule has 0 spiro atoms. The molecule has 14 rings (SSSR count). The minimum atomic E-state index is -0.890. The Bertz CT molecular complexity index is 5000. The van der Waals surface area contributed by atoms with Crippen LogP contribution in [0.1, 0.15) is 124 Å². The minimum absolute atomic E-state index is 0.0485. The zero-order valence-corrected chi connectivity index (χ0v) is 49.9. The van der Waals surface area contributed by atoms with Gasteiger partial charge in [0.2, 0.25) is 0 Å². The van der Waals surface area contributed by atoms with Crippen molar-refractivity contribution in [2.75, 3.05) is 24.0 Å². The largest absolute Gasteiger partial charge is 0.497 e. The second-order valence-corrected chi connectivity index (χ2v) is 24.8. The van der Waals surface area contributed by atoms with Crippen LogP contribution in [0.3, 0.4) is 0 Å². The average molecular weight is 1150 g/mol. The third kappa shape index (κ3) is 10.2. The fourth-order valence-electron chi connectivity index (χ4n) is 13.1. The van der Waals surface area contributed by atoms with Crippen LogP contribution in [0.15, 0.2) is 242 Å². The Morgan fingerprint density at radius 3 is 1.09 bits per heavy atom. The van der Waals surface area contributed by atoms with Crippen molar-refractivity contribution < 1.29 is 36.9 Å². The second-order valence-electron chi connectivity index (χ2n) is 24.8. The number of methoxy groups -OCH3 is 2. The molecule has 2 heterocycles. The molecule has 1 fully saturated rings. The predicted octanol–water partition coefficient (Wildman–Crippen LogP) is 20.4. The van der Waals surface area contributed by atoms with E-state index in [1.165, 1.54) is 0 Å². The molecule has 0 radical (unpaired) electrons. The second kappa shape index (κ2) is 22.5. The normalized spacial score (nSPS) is 17.1. The van der Waals surface area contributed by atoms with Gasteiger partial charge in [0.15, 0.2) is 0 Å². The molecular weight excluding hydrogens is 1060 g/mol. The average Bonchev–Trinajstić information content (AvgIpc) is 0.683. The number of benzene rings is 11. The monoisotopic (exact) mass is 1150 g/mol. The topological polar surface area (TPSA) is 24.9 Å². The Kier molecular flexibility index (Phi) is 9.65. The third-order valence-electron chi connectivity index (χ3n) is 17.4. The van der Waals surface area contributed by atoms with Gasteiger partial charge in [-0.15, -0.1) is 0 Å². The summed E-state index contributed by atoms with van der Waals surface area (Å²) in [5.74, 6) is 0.924. The summed E-state index contributed by atoms with van der Waals surface area (Å²) in [6.45, 7) is 10.6. The molecule has 0 bridgehead atoms. The lowest BCUT2D eigenvalue weighted by Gasteiger charge is -2.46. The molecule has 5 heteroatoms. The van der Waals surface area contributed by atoms with E-state index in [9.17, 15) is 21.9 Å². The lowest BCUT2D eigenvalue weighted by molar-refractivity contribution is 0.415. The van der Waals surface area contributed by atoms with Gasteiger partial charge in [-0.2, -0.15) is 0 Å². The number of fused-ring (bicyclic) bond motifs is 4. The Balaban J connectivity index is 1.28. The van der Waals surface area contributed by atoms with E-state index in [0.29, 0.717) is 85.7 Å². The van der Waals surface area contributed by atoms with Crippen LogP contribution in [-0.4, -0.2) is 20.9 Å². The van der Waals surface area contributed by atoms with E-state index < -0.39 is 138 Å². The Morgan fingerprint density at radius 2 is 0.747 bits per heavy atom. The van der Waals surface area contributed by atoms with Gasteiger partial charge in [0, 0.05) is 45.0 Å². The van der Waals surface area contributed by atoms with Crippen LogP contribution in [0.5, 0.6) is 11.5 Å². The van der Waals surface area contributed by atoms with Crippen LogP contribution in [-0.2, 0) is 10.8 Å². The molecule has 3 aliphatic rings. The molecule has 0 amide bonds. The summed E-state index contributed by atoms with van der Waals surface area (Å²) in [5, 5.41) is 0. The number of hydrogen-bond acceptors (Lipinski definition) is 4. The van der Waals surface area contributed by atoms with E-state index >= 15 is 0 Å². The summed E-state index contributed by atoms with van der Waals surface area (Å²) >= 11 is 0. The number of nitrogens with zero attached hydrogens (tertiary/aromatic N) is 2. The van der Waals surface area contributed by atoms with Crippen molar-refractivity contribution in [3.05, 3.63) is 259 Å². The fraction of sp³-hybridized carbons (Fsp3) is 0.195. The predicted molar refractivity (Wildman–Crippen MR) is 369 cm³/mol. The number of hydrogen-bond donors (Lipinski definition) is 0. The highest BCUT2D eigenvalue weighted by Crippen LogP contribution is 2.55. The molecule has 428 valence electrons. The highest BCUT2D eigenvalue weighted by molar-refractivity contribution is 7.00. The molecular formula is C82H75BN2O2. The molecule has 1 aliphatic carbocycles. The Hall–Kier alpha value is -9.32. The van der Waals surface area contributed by atoms with Crippen molar-refractivity contribution in [1.29, 1.82) is 0 Å². The summed E-state index contributed by atoms with van der Waals surface area (Å²) in [7, 11) is 3.14. The molecule has 0 saturated heterocycles. The van der Waals surface area contributed by atoms with E-state index in [0.717, 1.165) is 36.0 Å². The summed E-state index contributed by atoms with van der Waals surface area (Å²) in [4.78, 5) is 3.85. The minimum Gasteiger partial charge on any atom is -0.497 e. The lowest BCUT2D eigenvalue weighted by Crippen LogP contribution is -2.61. The van der Waals surface area contributed by atoms with Gasteiger partial charge in [0.25, 0.3) is 6.71 Å². The van der Waals surface area contributed by atoms with Crippen LogP contribution >= 0.6 is 0 Å². The van der Waals surface area contributed by atoms with Crippen molar-refractivity contribution >= 4 is 57.2 Å². The van der Waals surface area contributed by atoms with Crippen LogP contribution in [0.4, 0.5) is 34.1 Å². The van der Waals surface area contributed by atoms with Crippen LogP contribution in [0.2, 0.25) is 0 Å². The zero-order chi connectivity index (χ0) is 77.0. The highest BCUT2D eigenvalue weighted by Gasteiger charge is 2.46. The standard InChI is InChI=1S/C82H75BN2O2/c1-81(2,3)64-50-68(55-28-16-10-17-29-55)79(69(51-64)56-30-18-11-19-31-56)84-74-42-40-61(59-36-24-38-66(44-59)86-7)46-72(74)83-73-47-62(60-37-25-39-67(45-60)87-8)41-43-75(73)85(77-49-63(48-76(84)78(77)83)54-26-14-9-15-27-54)80-70(57-32-20-12-21-33-57)52-65(82(4,5)6)53-71(80)58-34-22-13-23-35-58/h10-13,16-25,28-54H,9,14-15,26-27H2,1-8H3/i10D,11D,12D,13D,16D,17D,18D,19D,20D,21D,22D,23D,28D,29D,30D,31D,32D,33D,34D,35D. The number of rotatable bonds is 11. The van der Waals surface area contributed by atoms with Gasteiger partial charge in [-0.05, 0) is 180 Å².